The van der Waals surface area contributed by atoms with Crippen molar-refractivity contribution in [2.45, 2.75) is 0 Å². The Morgan fingerprint density at radius 1 is 0.364 bits per heavy atom. The third kappa shape index (κ3) is 4.00. The molecule has 7 aromatic carbocycles. The number of para-hydroxylation sites is 1. The fourth-order valence-corrected chi connectivity index (χ4v) is 7.96. The van der Waals surface area contributed by atoms with Crippen molar-refractivity contribution in [3.8, 4) is 39.1 Å². The number of nitrogens with zero attached hydrogens (tertiary/aromatic N) is 1. The van der Waals surface area contributed by atoms with Crippen LogP contribution in [0.5, 0.6) is 0 Å². The lowest BCUT2D eigenvalue weighted by Crippen LogP contribution is -1.93. The van der Waals surface area contributed by atoms with Crippen molar-refractivity contribution in [1.82, 2.24) is 4.57 Å². The van der Waals surface area contributed by atoms with Crippen molar-refractivity contribution < 1.29 is 0 Å². The molecule has 0 saturated carbocycles. The van der Waals surface area contributed by atoms with Gasteiger partial charge in [0.2, 0.25) is 0 Å². The molecular formula is C42H27NS. The van der Waals surface area contributed by atoms with Crippen molar-refractivity contribution in [2.24, 2.45) is 0 Å². The van der Waals surface area contributed by atoms with Crippen molar-refractivity contribution in [3.63, 3.8) is 0 Å². The van der Waals surface area contributed by atoms with Crippen LogP contribution < -0.4 is 0 Å². The van der Waals surface area contributed by atoms with E-state index in [0.717, 1.165) is 0 Å². The summed E-state index contributed by atoms with van der Waals surface area (Å²) in [6.45, 7) is 0. The van der Waals surface area contributed by atoms with E-state index >= 15 is 0 Å². The fraction of sp³-hybridized carbons (Fsp3) is 0. The van der Waals surface area contributed by atoms with Gasteiger partial charge in [-0.3, -0.25) is 0 Å². The summed E-state index contributed by atoms with van der Waals surface area (Å²) in [5, 5.41) is 5.31. The van der Waals surface area contributed by atoms with Crippen molar-refractivity contribution >= 4 is 53.3 Å². The topological polar surface area (TPSA) is 4.93 Å². The standard InChI is InChI=1S/C42H27NS/c1-3-11-28(12-4-1)31-25-32(29-13-5-2-6-14-29)27-33(26-31)30-19-21-34(22-20-30)43-38-17-9-7-16-37(38)41-39(43)24-23-36-35-15-8-10-18-40(35)44-42(36)41/h1-27H. The van der Waals surface area contributed by atoms with Gasteiger partial charge in [0.1, 0.15) is 0 Å². The number of hydrogen-bond acceptors (Lipinski definition) is 1. The van der Waals surface area contributed by atoms with Gasteiger partial charge < -0.3 is 4.57 Å². The van der Waals surface area contributed by atoms with E-state index in [9.17, 15) is 0 Å². The Bertz CT molecular complexity index is 2410. The van der Waals surface area contributed by atoms with Gasteiger partial charge in [0.15, 0.2) is 0 Å². The molecule has 9 rings (SSSR count). The number of rotatable bonds is 4. The monoisotopic (exact) mass is 577 g/mol. The summed E-state index contributed by atoms with van der Waals surface area (Å²) in [5.41, 5.74) is 11.0. The molecular weight excluding hydrogens is 551 g/mol. The van der Waals surface area contributed by atoms with Crippen molar-refractivity contribution in [1.29, 1.82) is 0 Å². The summed E-state index contributed by atoms with van der Waals surface area (Å²) in [6, 6.07) is 59.5. The van der Waals surface area contributed by atoms with E-state index in [1.54, 1.807) is 0 Å². The molecule has 0 fully saturated rings. The highest BCUT2D eigenvalue weighted by Crippen LogP contribution is 2.43. The smallest absolute Gasteiger partial charge is 0.0555 e. The molecule has 0 aliphatic heterocycles. The number of aromatic nitrogens is 1. The molecule has 2 heteroatoms. The molecule has 2 heterocycles. The average molecular weight is 578 g/mol. The van der Waals surface area contributed by atoms with Gasteiger partial charge >= 0.3 is 0 Å². The molecule has 0 bridgehead atoms. The molecule has 0 spiro atoms. The first-order chi connectivity index (χ1) is 21.8. The van der Waals surface area contributed by atoms with Crippen LogP contribution in [0.25, 0.3) is 81.0 Å². The van der Waals surface area contributed by atoms with Crippen LogP contribution in [-0.2, 0) is 0 Å². The Morgan fingerprint density at radius 3 is 1.57 bits per heavy atom. The highest BCUT2D eigenvalue weighted by atomic mass is 32.1. The normalized spacial score (nSPS) is 11.6. The Hall–Kier alpha value is -5.44. The molecule has 1 nitrogen and oxygen atoms in total. The minimum absolute atomic E-state index is 1.17. The number of hydrogen-bond donors (Lipinski definition) is 0. The highest BCUT2D eigenvalue weighted by Gasteiger charge is 2.17. The third-order valence-electron chi connectivity index (χ3n) is 8.79. The molecule has 0 aliphatic carbocycles. The maximum atomic E-state index is 2.42. The van der Waals surface area contributed by atoms with E-state index in [-0.39, 0.29) is 0 Å². The van der Waals surface area contributed by atoms with Gasteiger partial charge in [0, 0.05) is 36.6 Å². The van der Waals surface area contributed by atoms with E-state index in [1.807, 2.05) is 11.3 Å². The van der Waals surface area contributed by atoms with Crippen molar-refractivity contribution in [2.75, 3.05) is 0 Å². The molecule has 9 aromatic rings. The second-order valence-electron chi connectivity index (χ2n) is 11.4. The molecule has 0 unspecified atom stereocenters. The summed E-state index contributed by atoms with van der Waals surface area (Å²) >= 11 is 1.90. The molecule has 0 atom stereocenters. The van der Waals surface area contributed by atoms with Crippen LogP contribution >= 0.6 is 11.3 Å². The lowest BCUT2D eigenvalue weighted by atomic mass is 9.93. The first-order valence-electron chi connectivity index (χ1n) is 15.0. The van der Waals surface area contributed by atoms with Crippen LogP contribution in [0, 0.1) is 0 Å². The zero-order valence-electron chi connectivity index (χ0n) is 23.9. The highest BCUT2D eigenvalue weighted by molar-refractivity contribution is 7.26. The van der Waals surface area contributed by atoms with Gasteiger partial charge in [-0.05, 0) is 81.9 Å². The lowest BCUT2D eigenvalue weighted by Gasteiger charge is -2.13. The van der Waals surface area contributed by atoms with E-state index in [4.69, 9.17) is 0 Å². The second-order valence-corrected chi connectivity index (χ2v) is 12.4. The van der Waals surface area contributed by atoms with Crippen LogP contribution in [0.3, 0.4) is 0 Å². The summed E-state index contributed by atoms with van der Waals surface area (Å²) in [4.78, 5) is 0. The first-order valence-corrected chi connectivity index (χ1v) is 15.8. The molecule has 44 heavy (non-hydrogen) atoms. The Morgan fingerprint density at radius 2 is 0.909 bits per heavy atom. The maximum Gasteiger partial charge on any atom is 0.0555 e. The quantitative estimate of drug-likeness (QED) is 0.196. The summed E-state index contributed by atoms with van der Waals surface area (Å²) in [7, 11) is 0. The SMILES string of the molecule is c1ccc(-c2cc(-c3ccccc3)cc(-c3ccc(-n4c5ccccc5c5c6sc7ccccc7c6ccc54)cc3)c2)cc1. The first kappa shape index (κ1) is 25.1. The van der Waals surface area contributed by atoms with Crippen LogP contribution in [-0.4, -0.2) is 4.57 Å². The van der Waals surface area contributed by atoms with Gasteiger partial charge in [-0.1, -0.05) is 115 Å². The van der Waals surface area contributed by atoms with Crippen LogP contribution in [0.15, 0.2) is 164 Å². The molecule has 0 N–H and O–H groups in total. The summed E-state index contributed by atoms with van der Waals surface area (Å²) in [5.74, 6) is 0. The zero-order valence-corrected chi connectivity index (χ0v) is 24.8. The Balaban J connectivity index is 1.21. The van der Waals surface area contributed by atoms with E-state index in [2.05, 4.69) is 168 Å². The van der Waals surface area contributed by atoms with E-state index in [0.29, 0.717) is 0 Å². The minimum Gasteiger partial charge on any atom is -0.309 e. The molecule has 0 aliphatic rings. The van der Waals surface area contributed by atoms with E-state index < -0.39 is 0 Å². The van der Waals surface area contributed by atoms with Gasteiger partial charge in [-0.25, -0.2) is 0 Å². The zero-order chi connectivity index (χ0) is 29.0. The second kappa shape index (κ2) is 10.1. The van der Waals surface area contributed by atoms with Gasteiger partial charge in [0.25, 0.3) is 0 Å². The Kier molecular flexibility index (Phi) is 5.75. The van der Waals surface area contributed by atoms with E-state index in [1.165, 1.54) is 81.0 Å². The fourth-order valence-electron chi connectivity index (χ4n) is 6.70. The number of fused-ring (bicyclic) bond motifs is 7. The number of thiophene rings is 1. The van der Waals surface area contributed by atoms with Crippen molar-refractivity contribution in [3.05, 3.63) is 164 Å². The van der Waals surface area contributed by atoms with Gasteiger partial charge in [-0.2, -0.15) is 0 Å². The lowest BCUT2D eigenvalue weighted by molar-refractivity contribution is 1.18. The largest absolute Gasteiger partial charge is 0.309 e. The van der Waals surface area contributed by atoms with Crippen LogP contribution in [0.4, 0.5) is 0 Å². The maximum absolute atomic E-state index is 2.42. The molecule has 2 aromatic heterocycles. The molecule has 0 radical (unpaired) electrons. The van der Waals surface area contributed by atoms with Crippen LogP contribution in [0.2, 0.25) is 0 Å². The minimum atomic E-state index is 1.17. The molecule has 0 amide bonds. The van der Waals surface area contributed by atoms with Gasteiger partial charge in [0.05, 0.1) is 11.0 Å². The Labute approximate surface area is 259 Å². The predicted octanol–water partition coefficient (Wildman–Crippen LogP) is 12.2. The summed E-state index contributed by atoms with van der Waals surface area (Å²) in [6.07, 6.45) is 0. The molecule has 206 valence electrons. The summed E-state index contributed by atoms with van der Waals surface area (Å²) < 4.78 is 5.12. The molecule has 0 saturated heterocycles. The van der Waals surface area contributed by atoms with Gasteiger partial charge in [-0.15, -0.1) is 11.3 Å². The van der Waals surface area contributed by atoms with Crippen LogP contribution in [0.1, 0.15) is 0 Å². The third-order valence-corrected chi connectivity index (χ3v) is 9.99. The number of benzene rings is 7. The average Bonchev–Trinajstić information content (AvgIpc) is 3.65. The predicted molar refractivity (Wildman–Crippen MR) is 190 cm³/mol.